The number of amides is 1. The third-order valence-electron chi connectivity index (χ3n) is 9.19. The molecule has 0 saturated carbocycles. The van der Waals surface area contributed by atoms with Crippen molar-refractivity contribution < 1.29 is 27.9 Å². The van der Waals surface area contributed by atoms with Crippen molar-refractivity contribution in [2.45, 2.75) is 25.9 Å². The normalized spacial score (nSPS) is 12.1. The van der Waals surface area contributed by atoms with Crippen LogP contribution < -0.4 is 0 Å². The van der Waals surface area contributed by atoms with Gasteiger partial charge in [-0.2, -0.15) is 23.4 Å². The molecule has 0 unspecified atom stereocenters. The lowest BCUT2D eigenvalue weighted by molar-refractivity contribution is -0.138. The van der Waals surface area contributed by atoms with Gasteiger partial charge in [-0.05, 0) is 84.3 Å². The first-order valence-electron chi connectivity index (χ1n) is 18.4. The van der Waals surface area contributed by atoms with E-state index >= 15 is 0 Å². The minimum absolute atomic E-state index is 0.117. The molecule has 0 saturated heterocycles. The van der Waals surface area contributed by atoms with Crippen molar-refractivity contribution in [2.75, 3.05) is 0 Å². The number of benzene rings is 4. The van der Waals surface area contributed by atoms with E-state index in [4.69, 9.17) is 11.6 Å². The number of halogens is 4. The van der Waals surface area contributed by atoms with Crippen LogP contribution in [-0.4, -0.2) is 46.5 Å². The van der Waals surface area contributed by atoms with Crippen LogP contribution in [0.1, 0.15) is 45.1 Å². The third kappa shape index (κ3) is 10.1. The van der Waals surface area contributed by atoms with Gasteiger partial charge in [0.25, 0.3) is 5.91 Å². The quantitative estimate of drug-likeness (QED) is 0.134. The molecule has 0 aliphatic heterocycles. The Morgan fingerprint density at radius 2 is 1.28 bits per heavy atom. The minimum Gasteiger partial charge on any atom is -0.481 e. The molecule has 0 aliphatic rings. The number of aliphatic carboxylic acids is 1. The second-order valence-electron chi connectivity index (χ2n) is 13.8. The lowest BCUT2D eigenvalue weighted by atomic mass is 10.0. The standard InChI is InChI=1S/C22H18ClN3O2S.C22H15F3N4O2S/c1-13-9-14(7-8-17(13)23)21-16(12-26(2)25-21)10-15(11-20(27)28)22-24-18-5-3-4-6-19(18)29-22;1-29-12-15(20(27-29)13-5-4-6-16(10-13)22(23,24)25)9-14(11-19(30)28-31)21-26-17-7-2-3-8-18(17)32-21/h3-10,12H,11H2,1-2H3,(H,27,28);2-10,12H,11H2,1H3/b15-10+;14-9+. The van der Waals surface area contributed by atoms with Gasteiger partial charge in [-0.1, -0.05) is 54.1 Å². The number of nitroso groups, excluding NO2 is 1. The van der Waals surface area contributed by atoms with Crippen LogP contribution in [0.3, 0.4) is 0 Å². The van der Waals surface area contributed by atoms with Crippen LogP contribution >= 0.6 is 34.3 Å². The number of aromatic nitrogens is 6. The minimum atomic E-state index is -4.49. The van der Waals surface area contributed by atoms with Gasteiger partial charge < -0.3 is 5.11 Å². The van der Waals surface area contributed by atoms with Gasteiger partial charge in [0.1, 0.15) is 10.0 Å². The third-order valence-corrected chi connectivity index (χ3v) is 11.8. The number of alkyl halides is 3. The van der Waals surface area contributed by atoms with Crippen molar-refractivity contribution in [3.05, 3.63) is 146 Å². The fourth-order valence-electron chi connectivity index (χ4n) is 6.44. The van der Waals surface area contributed by atoms with Gasteiger partial charge in [-0.25, -0.2) is 9.97 Å². The lowest BCUT2D eigenvalue weighted by Gasteiger charge is -2.08. The van der Waals surface area contributed by atoms with Crippen LogP contribution in [0.2, 0.25) is 5.02 Å². The summed E-state index contributed by atoms with van der Waals surface area (Å²) < 4.78 is 44.7. The average Bonchev–Trinajstić information content (AvgIpc) is 4.03. The molecular formula is C44H33ClF3N7O4S2. The highest BCUT2D eigenvalue weighted by Gasteiger charge is 2.31. The number of carbonyl (C=O) groups excluding carboxylic acids is 1. The zero-order chi connectivity index (χ0) is 43.4. The summed E-state index contributed by atoms with van der Waals surface area (Å²) in [6.45, 7) is 1.95. The van der Waals surface area contributed by atoms with Gasteiger partial charge in [0.05, 0.1) is 50.2 Å². The second kappa shape index (κ2) is 17.9. The molecule has 8 aromatic rings. The number of carboxylic acid groups (broad SMARTS) is 1. The summed E-state index contributed by atoms with van der Waals surface area (Å²) in [5.41, 5.74) is 6.45. The summed E-state index contributed by atoms with van der Waals surface area (Å²) in [6.07, 6.45) is 2.10. The fourth-order valence-corrected chi connectivity index (χ4v) is 8.51. The molecule has 0 spiro atoms. The molecule has 0 bridgehead atoms. The maximum Gasteiger partial charge on any atom is 0.416 e. The molecule has 8 rings (SSSR count). The van der Waals surface area contributed by atoms with Crippen molar-refractivity contribution >= 4 is 89.9 Å². The van der Waals surface area contributed by atoms with Crippen molar-refractivity contribution in [3.63, 3.8) is 0 Å². The number of para-hydroxylation sites is 2. The highest BCUT2D eigenvalue weighted by molar-refractivity contribution is 7.20. The number of carbonyl (C=O) groups is 2. The molecule has 0 fully saturated rings. The number of hydrogen-bond acceptors (Lipinski definition) is 9. The smallest absolute Gasteiger partial charge is 0.416 e. The highest BCUT2D eigenvalue weighted by Crippen LogP contribution is 2.36. The Morgan fingerprint density at radius 1 is 0.754 bits per heavy atom. The largest absolute Gasteiger partial charge is 0.481 e. The molecule has 1 amide bonds. The molecule has 4 heterocycles. The topological polar surface area (TPSA) is 145 Å². The molecule has 308 valence electrons. The summed E-state index contributed by atoms with van der Waals surface area (Å²) in [6, 6.07) is 25.8. The van der Waals surface area contributed by atoms with E-state index in [9.17, 15) is 32.8 Å². The number of thiazole rings is 2. The van der Waals surface area contributed by atoms with Crippen molar-refractivity contribution in [2.24, 2.45) is 19.3 Å². The number of fused-ring (bicyclic) bond motifs is 2. The van der Waals surface area contributed by atoms with E-state index in [0.29, 0.717) is 37.4 Å². The zero-order valence-electron chi connectivity index (χ0n) is 32.5. The number of hydrogen-bond donors (Lipinski definition) is 1. The molecule has 0 radical (unpaired) electrons. The van der Waals surface area contributed by atoms with Crippen LogP contribution in [0, 0.1) is 11.8 Å². The Balaban J connectivity index is 0.000000185. The maximum atomic E-state index is 13.2. The number of nitrogens with zero attached hydrogens (tertiary/aromatic N) is 7. The second-order valence-corrected chi connectivity index (χ2v) is 16.3. The molecule has 11 nitrogen and oxygen atoms in total. The monoisotopic (exact) mass is 879 g/mol. The molecule has 4 aromatic carbocycles. The Morgan fingerprint density at radius 3 is 1.77 bits per heavy atom. The summed E-state index contributed by atoms with van der Waals surface area (Å²) in [5.74, 6) is -1.77. The van der Waals surface area contributed by atoms with Gasteiger partial charge in [-0.15, -0.1) is 27.6 Å². The van der Waals surface area contributed by atoms with Crippen molar-refractivity contribution in [3.8, 4) is 22.5 Å². The van der Waals surface area contributed by atoms with Gasteiger partial charge in [0.15, 0.2) is 0 Å². The Labute approximate surface area is 359 Å². The Kier molecular flexibility index (Phi) is 12.5. The van der Waals surface area contributed by atoms with E-state index in [-0.39, 0.29) is 18.4 Å². The van der Waals surface area contributed by atoms with Crippen LogP contribution in [0.5, 0.6) is 0 Å². The van der Waals surface area contributed by atoms with Gasteiger partial charge in [0, 0.05) is 58.9 Å². The molecular weight excluding hydrogens is 847 g/mol. The maximum absolute atomic E-state index is 13.2. The van der Waals surface area contributed by atoms with Gasteiger partial charge in [0.2, 0.25) is 0 Å². The first kappa shape index (κ1) is 42.5. The predicted molar refractivity (Wildman–Crippen MR) is 235 cm³/mol. The Hall–Kier alpha value is -6.62. The molecule has 0 atom stereocenters. The number of carboxylic acids is 1. The summed E-state index contributed by atoms with van der Waals surface area (Å²) in [7, 11) is 3.49. The van der Waals surface area contributed by atoms with E-state index in [2.05, 4.69) is 25.3 Å². The summed E-state index contributed by atoms with van der Waals surface area (Å²) >= 11 is 9.00. The van der Waals surface area contributed by atoms with Crippen LogP contribution in [-0.2, 0) is 29.9 Å². The predicted octanol–water partition coefficient (Wildman–Crippen LogP) is 11.6. The lowest BCUT2D eigenvalue weighted by Crippen LogP contribution is -2.04. The SMILES string of the molecule is Cc1cc(-c2nn(C)cc2/C=C(\CC(=O)O)c2nc3ccccc3s2)ccc1Cl.Cn1cc(/C=C(\CC(=O)N=O)c2nc3ccccc3s2)c(-c2cccc(C(F)(F)F)c2)n1. The molecule has 61 heavy (non-hydrogen) atoms. The molecule has 0 aliphatic carbocycles. The van der Waals surface area contributed by atoms with Gasteiger partial charge in [-0.3, -0.25) is 19.0 Å². The number of rotatable bonds is 10. The van der Waals surface area contributed by atoms with E-state index in [1.54, 1.807) is 24.0 Å². The Bertz CT molecular complexity index is 2950. The molecule has 1 N–H and O–H groups in total. The first-order chi connectivity index (χ1) is 29.1. The van der Waals surface area contributed by atoms with Crippen LogP contribution in [0.4, 0.5) is 13.2 Å². The fraction of sp³-hybridized carbons (Fsp3) is 0.136. The van der Waals surface area contributed by atoms with E-state index in [0.717, 1.165) is 55.0 Å². The van der Waals surface area contributed by atoms with E-state index < -0.39 is 23.6 Å². The highest BCUT2D eigenvalue weighted by atomic mass is 35.5. The molecule has 4 aromatic heterocycles. The zero-order valence-corrected chi connectivity index (χ0v) is 34.9. The summed E-state index contributed by atoms with van der Waals surface area (Å²) in [5, 5.41) is 22.7. The van der Waals surface area contributed by atoms with Crippen LogP contribution in [0.15, 0.2) is 109 Å². The average molecular weight is 880 g/mol. The van der Waals surface area contributed by atoms with Crippen LogP contribution in [0.25, 0.3) is 66.2 Å². The van der Waals surface area contributed by atoms with E-state index in [1.807, 2.05) is 93.0 Å². The van der Waals surface area contributed by atoms with Gasteiger partial charge >= 0.3 is 12.1 Å². The first-order valence-corrected chi connectivity index (χ1v) is 20.4. The molecule has 17 heteroatoms. The van der Waals surface area contributed by atoms with E-state index in [1.165, 1.54) is 39.5 Å². The number of aryl methyl sites for hydroxylation is 3. The van der Waals surface area contributed by atoms with Crippen molar-refractivity contribution in [1.29, 1.82) is 0 Å². The van der Waals surface area contributed by atoms with Crippen molar-refractivity contribution in [1.82, 2.24) is 29.5 Å². The summed E-state index contributed by atoms with van der Waals surface area (Å²) in [4.78, 5) is 43.3.